The summed E-state index contributed by atoms with van der Waals surface area (Å²) < 4.78 is 0. The molecule has 0 unspecified atom stereocenters. The van der Waals surface area contributed by atoms with Gasteiger partial charge in [-0.3, -0.25) is 9.97 Å². The molecule has 0 saturated carbocycles. The van der Waals surface area contributed by atoms with Crippen molar-refractivity contribution in [2.75, 3.05) is 0 Å². The Bertz CT molecular complexity index is 1290. The standard InChI is InChI=1S/C24H19N3/c1-15-16(2)25-12-10-19(15)24-14-18-13-17(8-9-22(18)27-24)20-5-3-7-23-21(20)6-4-11-26-23/h3-14,27H,1-2H3. The van der Waals surface area contributed by atoms with Gasteiger partial charge in [0.2, 0.25) is 0 Å². The van der Waals surface area contributed by atoms with Crippen LogP contribution in [0.15, 0.2) is 73.1 Å². The van der Waals surface area contributed by atoms with Gasteiger partial charge in [0.05, 0.1) is 5.52 Å². The Hall–Kier alpha value is -3.46. The molecule has 0 bridgehead atoms. The summed E-state index contributed by atoms with van der Waals surface area (Å²) in [6.45, 7) is 4.17. The van der Waals surface area contributed by atoms with E-state index in [0.29, 0.717) is 0 Å². The Morgan fingerprint density at radius 1 is 0.778 bits per heavy atom. The lowest BCUT2D eigenvalue weighted by Gasteiger charge is -2.06. The summed E-state index contributed by atoms with van der Waals surface area (Å²) in [5.41, 5.74) is 9.18. The molecule has 0 saturated heterocycles. The number of hydrogen-bond donors (Lipinski definition) is 1. The first-order valence-corrected chi connectivity index (χ1v) is 9.10. The molecule has 27 heavy (non-hydrogen) atoms. The van der Waals surface area contributed by atoms with E-state index >= 15 is 0 Å². The maximum absolute atomic E-state index is 4.48. The Morgan fingerprint density at radius 2 is 1.70 bits per heavy atom. The zero-order valence-electron chi connectivity index (χ0n) is 15.3. The van der Waals surface area contributed by atoms with Crippen LogP contribution in [0.2, 0.25) is 0 Å². The first-order chi connectivity index (χ1) is 13.2. The molecule has 0 atom stereocenters. The van der Waals surface area contributed by atoms with Crippen LogP contribution < -0.4 is 0 Å². The molecule has 0 spiro atoms. The molecule has 130 valence electrons. The van der Waals surface area contributed by atoms with E-state index in [1.54, 1.807) is 0 Å². The van der Waals surface area contributed by atoms with Gasteiger partial charge in [0.25, 0.3) is 0 Å². The van der Waals surface area contributed by atoms with Gasteiger partial charge in [-0.25, -0.2) is 0 Å². The van der Waals surface area contributed by atoms with Crippen LogP contribution in [-0.2, 0) is 0 Å². The van der Waals surface area contributed by atoms with Crippen molar-refractivity contribution in [3.8, 4) is 22.4 Å². The minimum absolute atomic E-state index is 1.02. The first kappa shape index (κ1) is 15.8. The highest BCUT2D eigenvalue weighted by Crippen LogP contribution is 2.32. The predicted molar refractivity (Wildman–Crippen MR) is 112 cm³/mol. The zero-order chi connectivity index (χ0) is 18.4. The van der Waals surface area contributed by atoms with E-state index in [1.807, 2.05) is 25.4 Å². The van der Waals surface area contributed by atoms with Crippen molar-refractivity contribution in [3.63, 3.8) is 0 Å². The topological polar surface area (TPSA) is 41.6 Å². The summed E-state index contributed by atoms with van der Waals surface area (Å²) in [6, 6.07) is 21.3. The number of pyridine rings is 2. The molecule has 3 heteroatoms. The lowest BCUT2D eigenvalue weighted by Crippen LogP contribution is -1.90. The Kier molecular flexibility index (Phi) is 3.54. The molecule has 0 radical (unpaired) electrons. The average molecular weight is 349 g/mol. The van der Waals surface area contributed by atoms with Crippen molar-refractivity contribution >= 4 is 21.8 Å². The monoisotopic (exact) mass is 349 g/mol. The fraction of sp³-hybridized carbons (Fsp3) is 0.0833. The van der Waals surface area contributed by atoms with Crippen molar-refractivity contribution in [1.82, 2.24) is 15.0 Å². The number of aromatic amines is 1. The molecule has 5 rings (SSSR count). The molecule has 0 aliphatic heterocycles. The van der Waals surface area contributed by atoms with Crippen LogP contribution in [0, 0.1) is 13.8 Å². The second-order valence-electron chi connectivity index (χ2n) is 6.93. The number of fused-ring (bicyclic) bond motifs is 2. The lowest BCUT2D eigenvalue weighted by molar-refractivity contribution is 1.15. The minimum Gasteiger partial charge on any atom is -0.355 e. The number of benzene rings is 2. The Labute approximate surface area is 157 Å². The van der Waals surface area contributed by atoms with E-state index in [2.05, 4.69) is 76.5 Å². The average Bonchev–Trinajstić information content (AvgIpc) is 3.12. The second kappa shape index (κ2) is 6.06. The third kappa shape index (κ3) is 2.59. The summed E-state index contributed by atoms with van der Waals surface area (Å²) >= 11 is 0. The molecule has 5 aromatic rings. The van der Waals surface area contributed by atoms with E-state index in [-0.39, 0.29) is 0 Å². The molecule has 0 fully saturated rings. The van der Waals surface area contributed by atoms with Gasteiger partial charge in [0.15, 0.2) is 0 Å². The number of aromatic nitrogens is 3. The maximum atomic E-state index is 4.48. The van der Waals surface area contributed by atoms with Crippen molar-refractivity contribution in [3.05, 3.63) is 84.3 Å². The van der Waals surface area contributed by atoms with Gasteiger partial charge in [-0.15, -0.1) is 0 Å². The quantitative estimate of drug-likeness (QED) is 0.421. The number of hydrogen-bond acceptors (Lipinski definition) is 2. The molecule has 0 aliphatic rings. The number of nitrogens with zero attached hydrogens (tertiary/aromatic N) is 2. The van der Waals surface area contributed by atoms with Crippen LogP contribution >= 0.6 is 0 Å². The fourth-order valence-electron chi connectivity index (χ4n) is 3.73. The minimum atomic E-state index is 1.02. The van der Waals surface area contributed by atoms with Crippen molar-refractivity contribution in [2.24, 2.45) is 0 Å². The van der Waals surface area contributed by atoms with Crippen LogP contribution in [0.4, 0.5) is 0 Å². The fourth-order valence-corrected chi connectivity index (χ4v) is 3.73. The van der Waals surface area contributed by atoms with Crippen LogP contribution in [0.25, 0.3) is 44.2 Å². The molecule has 0 amide bonds. The zero-order valence-corrected chi connectivity index (χ0v) is 15.3. The molecule has 1 N–H and O–H groups in total. The molecular weight excluding hydrogens is 330 g/mol. The van der Waals surface area contributed by atoms with E-state index in [0.717, 1.165) is 22.4 Å². The van der Waals surface area contributed by atoms with Crippen LogP contribution in [0.1, 0.15) is 11.3 Å². The molecule has 3 aromatic heterocycles. The summed E-state index contributed by atoms with van der Waals surface area (Å²) in [4.78, 5) is 12.4. The molecule has 3 nitrogen and oxygen atoms in total. The SMILES string of the molecule is Cc1nccc(-c2cc3cc(-c4cccc5ncccc45)ccc3[nH]2)c1C. The molecule has 3 heterocycles. The van der Waals surface area contributed by atoms with Crippen LogP contribution in [0.5, 0.6) is 0 Å². The summed E-state index contributed by atoms with van der Waals surface area (Å²) in [7, 11) is 0. The number of aryl methyl sites for hydroxylation is 1. The van der Waals surface area contributed by atoms with Gasteiger partial charge >= 0.3 is 0 Å². The summed E-state index contributed by atoms with van der Waals surface area (Å²) in [6.07, 6.45) is 3.71. The van der Waals surface area contributed by atoms with Crippen LogP contribution in [0.3, 0.4) is 0 Å². The highest BCUT2D eigenvalue weighted by atomic mass is 14.7. The van der Waals surface area contributed by atoms with Crippen molar-refractivity contribution in [2.45, 2.75) is 13.8 Å². The lowest BCUT2D eigenvalue weighted by atomic mass is 9.99. The second-order valence-corrected chi connectivity index (χ2v) is 6.93. The number of rotatable bonds is 2. The molecule has 0 aliphatic carbocycles. The Morgan fingerprint density at radius 3 is 2.63 bits per heavy atom. The van der Waals surface area contributed by atoms with Gasteiger partial charge < -0.3 is 4.98 Å². The molecule has 2 aromatic carbocycles. The highest BCUT2D eigenvalue weighted by Gasteiger charge is 2.10. The third-order valence-electron chi connectivity index (χ3n) is 5.32. The Balaban J connectivity index is 1.67. The van der Waals surface area contributed by atoms with E-state index in [1.165, 1.54) is 33.0 Å². The maximum Gasteiger partial charge on any atom is 0.0708 e. The van der Waals surface area contributed by atoms with Gasteiger partial charge in [0.1, 0.15) is 0 Å². The number of H-pyrrole nitrogens is 1. The molecular formula is C24H19N3. The normalized spacial score (nSPS) is 11.3. The van der Waals surface area contributed by atoms with E-state index < -0.39 is 0 Å². The first-order valence-electron chi connectivity index (χ1n) is 9.10. The predicted octanol–water partition coefficient (Wildman–Crippen LogP) is 6.06. The summed E-state index contributed by atoms with van der Waals surface area (Å²) in [5, 5.41) is 2.38. The van der Waals surface area contributed by atoms with Gasteiger partial charge in [-0.2, -0.15) is 0 Å². The van der Waals surface area contributed by atoms with Gasteiger partial charge in [-0.05, 0) is 66.9 Å². The van der Waals surface area contributed by atoms with Gasteiger partial charge in [-0.1, -0.05) is 24.3 Å². The van der Waals surface area contributed by atoms with Crippen LogP contribution in [-0.4, -0.2) is 15.0 Å². The highest BCUT2D eigenvalue weighted by molar-refractivity contribution is 5.98. The third-order valence-corrected chi connectivity index (χ3v) is 5.32. The van der Waals surface area contributed by atoms with Crippen molar-refractivity contribution < 1.29 is 0 Å². The smallest absolute Gasteiger partial charge is 0.0708 e. The van der Waals surface area contributed by atoms with E-state index in [4.69, 9.17) is 0 Å². The van der Waals surface area contributed by atoms with Crippen molar-refractivity contribution in [1.29, 1.82) is 0 Å². The van der Waals surface area contributed by atoms with E-state index in [9.17, 15) is 0 Å². The number of nitrogens with one attached hydrogen (secondary N) is 1. The van der Waals surface area contributed by atoms with Gasteiger partial charge in [0, 0.05) is 45.6 Å². The largest absolute Gasteiger partial charge is 0.355 e. The summed E-state index contributed by atoms with van der Waals surface area (Å²) in [5.74, 6) is 0.